The third-order valence-electron chi connectivity index (χ3n) is 3.58. The highest BCUT2D eigenvalue weighted by atomic mass is 16.6. The molecule has 0 aliphatic carbocycles. The number of aromatic amines is 1. The van der Waals surface area contributed by atoms with Gasteiger partial charge in [0.15, 0.2) is 0 Å². The van der Waals surface area contributed by atoms with Crippen molar-refractivity contribution in [3.63, 3.8) is 0 Å². The zero-order valence-electron chi connectivity index (χ0n) is 11.6. The van der Waals surface area contributed by atoms with E-state index in [4.69, 9.17) is 0 Å². The van der Waals surface area contributed by atoms with Gasteiger partial charge >= 0.3 is 0 Å². The molecule has 0 amide bonds. The molecule has 22 heavy (non-hydrogen) atoms. The van der Waals surface area contributed by atoms with Gasteiger partial charge in [-0.3, -0.25) is 10.1 Å². The van der Waals surface area contributed by atoms with Gasteiger partial charge in [0.25, 0.3) is 5.69 Å². The van der Waals surface area contributed by atoms with Crippen LogP contribution in [0.4, 0.5) is 5.69 Å². The van der Waals surface area contributed by atoms with E-state index in [-0.39, 0.29) is 5.69 Å². The Hall–Kier alpha value is -2.92. The van der Waals surface area contributed by atoms with Gasteiger partial charge in [-0.05, 0) is 23.3 Å². The van der Waals surface area contributed by atoms with E-state index in [1.165, 1.54) is 12.1 Å². The van der Waals surface area contributed by atoms with Crippen molar-refractivity contribution >= 4 is 5.69 Å². The van der Waals surface area contributed by atoms with Crippen molar-refractivity contribution in [2.45, 2.75) is 6.10 Å². The van der Waals surface area contributed by atoms with Crippen LogP contribution in [0.3, 0.4) is 0 Å². The maximum atomic E-state index is 10.7. The van der Waals surface area contributed by atoms with Gasteiger partial charge in [0.1, 0.15) is 6.10 Å². The molecule has 1 aromatic heterocycles. The fourth-order valence-electron chi connectivity index (χ4n) is 2.43. The topological polar surface area (TPSA) is 79.2 Å². The first-order chi connectivity index (χ1) is 10.7. The Balaban J connectivity index is 1.95. The summed E-state index contributed by atoms with van der Waals surface area (Å²) in [6, 6.07) is 15.7. The highest BCUT2D eigenvalue weighted by Crippen LogP contribution is 2.32. The van der Waals surface area contributed by atoms with E-state index in [2.05, 4.69) is 4.98 Å². The predicted molar refractivity (Wildman–Crippen MR) is 83.4 cm³/mol. The van der Waals surface area contributed by atoms with Crippen molar-refractivity contribution in [1.29, 1.82) is 0 Å². The van der Waals surface area contributed by atoms with Gasteiger partial charge in [0, 0.05) is 35.7 Å². The molecular formula is C17H14N2O3. The molecule has 0 aliphatic heterocycles. The lowest BCUT2D eigenvalue weighted by atomic mass is 9.97. The minimum Gasteiger partial charge on any atom is -0.384 e. The van der Waals surface area contributed by atoms with Crippen LogP contribution in [0, 0.1) is 10.1 Å². The van der Waals surface area contributed by atoms with Gasteiger partial charge in [-0.2, -0.15) is 0 Å². The Morgan fingerprint density at radius 1 is 1.00 bits per heavy atom. The first-order valence-electron chi connectivity index (χ1n) is 6.81. The summed E-state index contributed by atoms with van der Waals surface area (Å²) in [7, 11) is 0. The second-order valence-corrected chi connectivity index (χ2v) is 4.94. The van der Waals surface area contributed by atoms with Crippen LogP contribution in [0.5, 0.6) is 0 Å². The highest BCUT2D eigenvalue weighted by Gasteiger charge is 2.17. The van der Waals surface area contributed by atoms with E-state index < -0.39 is 11.0 Å². The minimum atomic E-state index is -0.845. The first kappa shape index (κ1) is 14.0. The zero-order valence-corrected chi connectivity index (χ0v) is 11.6. The molecule has 1 atom stereocenters. The Kier molecular flexibility index (Phi) is 3.72. The number of nitrogens with zero attached hydrogens (tertiary/aromatic N) is 1. The summed E-state index contributed by atoms with van der Waals surface area (Å²) in [6.07, 6.45) is 2.73. The molecule has 5 heteroatoms. The van der Waals surface area contributed by atoms with Crippen LogP contribution in [0.25, 0.3) is 11.1 Å². The quantitative estimate of drug-likeness (QED) is 0.569. The summed E-state index contributed by atoms with van der Waals surface area (Å²) in [6.45, 7) is 0. The van der Waals surface area contributed by atoms with Crippen LogP contribution < -0.4 is 0 Å². The molecule has 0 aliphatic rings. The van der Waals surface area contributed by atoms with Crippen LogP contribution in [0.2, 0.25) is 0 Å². The molecule has 0 radical (unpaired) electrons. The summed E-state index contributed by atoms with van der Waals surface area (Å²) in [5.74, 6) is 0. The molecular weight excluding hydrogens is 280 g/mol. The van der Waals surface area contributed by atoms with Gasteiger partial charge < -0.3 is 10.1 Å². The maximum Gasteiger partial charge on any atom is 0.269 e. The van der Waals surface area contributed by atoms with Crippen molar-refractivity contribution in [2.24, 2.45) is 0 Å². The highest BCUT2D eigenvalue weighted by molar-refractivity contribution is 5.67. The van der Waals surface area contributed by atoms with E-state index >= 15 is 0 Å². The number of aliphatic hydroxyl groups excluding tert-OH is 1. The van der Waals surface area contributed by atoms with Gasteiger partial charge in [-0.25, -0.2) is 0 Å². The smallest absolute Gasteiger partial charge is 0.269 e. The minimum absolute atomic E-state index is 0.00769. The third-order valence-corrected chi connectivity index (χ3v) is 3.58. The molecule has 1 heterocycles. The van der Waals surface area contributed by atoms with Gasteiger partial charge in [-0.15, -0.1) is 0 Å². The monoisotopic (exact) mass is 294 g/mol. The van der Waals surface area contributed by atoms with Crippen LogP contribution >= 0.6 is 0 Å². The van der Waals surface area contributed by atoms with E-state index in [1.807, 2.05) is 36.5 Å². The summed E-state index contributed by atoms with van der Waals surface area (Å²) < 4.78 is 0. The number of nitrogens with one attached hydrogen (secondary N) is 1. The molecule has 3 rings (SSSR count). The van der Waals surface area contributed by atoms with Gasteiger partial charge in [-0.1, -0.05) is 30.3 Å². The van der Waals surface area contributed by atoms with Crippen LogP contribution in [0.15, 0.2) is 67.0 Å². The average molecular weight is 294 g/mol. The summed E-state index contributed by atoms with van der Waals surface area (Å²) >= 11 is 0. The van der Waals surface area contributed by atoms with Crippen LogP contribution in [-0.2, 0) is 0 Å². The average Bonchev–Trinajstić information content (AvgIpc) is 3.04. The Bertz CT molecular complexity index is 779. The first-order valence-corrected chi connectivity index (χ1v) is 6.81. The number of H-pyrrole nitrogens is 1. The van der Waals surface area contributed by atoms with Crippen molar-refractivity contribution < 1.29 is 10.0 Å². The number of rotatable bonds is 4. The number of nitro groups is 1. The fourth-order valence-corrected chi connectivity index (χ4v) is 2.43. The van der Waals surface area contributed by atoms with Gasteiger partial charge in [0.05, 0.1) is 4.92 Å². The number of hydrogen-bond acceptors (Lipinski definition) is 3. The lowest BCUT2D eigenvalue weighted by Gasteiger charge is -2.12. The Morgan fingerprint density at radius 2 is 1.68 bits per heavy atom. The van der Waals surface area contributed by atoms with Crippen molar-refractivity contribution in [3.8, 4) is 11.1 Å². The summed E-state index contributed by atoms with van der Waals surface area (Å²) in [4.78, 5) is 13.2. The molecule has 0 saturated carbocycles. The fraction of sp³-hybridized carbons (Fsp3) is 0.0588. The predicted octanol–water partition coefficient (Wildman–Crippen LogP) is 3.67. The number of aliphatic hydroxyl groups is 1. The molecule has 0 saturated heterocycles. The third kappa shape index (κ3) is 2.62. The molecule has 5 nitrogen and oxygen atoms in total. The largest absolute Gasteiger partial charge is 0.384 e. The number of benzene rings is 2. The molecule has 0 fully saturated rings. The van der Waals surface area contributed by atoms with Gasteiger partial charge in [0.2, 0.25) is 0 Å². The molecule has 3 aromatic rings. The molecule has 0 bridgehead atoms. The van der Waals surface area contributed by atoms with Crippen molar-refractivity contribution in [3.05, 3.63) is 88.2 Å². The summed E-state index contributed by atoms with van der Waals surface area (Å²) in [5.41, 5.74) is 3.27. The standard InChI is InChI=1S/C17H14N2O3/c20-17(13-6-8-14(9-7-13)19(21)22)16-11-18-10-15(16)12-4-2-1-3-5-12/h1-11,17-18,20H. The maximum absolute atomic E-state index is 10.7. The Labute approximate surface area is 127 Å². The normalized spacial score (nSPS) is 12.0. The summed E-state index contributed by atoms with van der Waals surface area (Å²) in [5, 5.41) is 21.3. The molecule has 1 unspecified atom stereocenters. The molecule has 2 N–H and O–H groups in total. The second-order valence-electron chi connectivity index (χ2n) is 4.94. The molecule has 2 aromatic carbocycles. The lowest BCUT2D eigenvalue weighted by Crippen LogP contribution is -2.00. The SMILES string of the molecule is O=[N+]([O-])c1ccc(C(O)c2c[nH]cc2-c2ccccc2)cc1. The Morgan fingerprint density at radius 3 is 2.32 bits per heavy atom. The number of nitro benzene ring substituents is 1. The van der Waals surface area contributed by atoms with Crippen LogP contribution in [-0.4, -0.2) is 15.0 Å². The number of hydrogen-bond donors (Lipinski definition) is 2. The van der Waals surface area contributed by atoms with Crippen molar-refractivity contribution in [1.82, 2.24) is 4.98 Å². The lowest BCUT2D eigenvalue weighted by molar-refractivity contribution is -0.384. The van der Waals surface area contributed by atoms with E-state index in [0.717, 1.165) is 16.7 Å². The second kappa shape index (κ2) is 5.83. The van der Waals surface area contributed by atoms with Crippen LogP contribution in [0.1, 0.15) is 17.2 Å². The van der Waals surface area contributed by atoms with Crippen molar-refractivity contribution in [2.75, 3.05) is 0 Å². The molecule has 110 valence electrons. The number of aromatic nitrogens is 1. The molecule has 0 spiro atoms. The van der Waals surface area contributed by atoms with E-state index in [9.17, 15) is 15.2 Å². The zero-order chi connectivity index (χ0) is 15.5. The van der Waals surface area contributed by atoms with E-state index in [0.29, 0.717) is 5.56 Å². The number of non-ortho nitro benzene ring substituents is 1. The van der Waals surface area contributed by atoms with E-state index in [1.54, 1.807) is 18.3 Å².